The molecule has 0 amide bonds. The normalized spacial score (nSPS) is 32.6. The molecule has 4 saturated carbocycles. The quantitative estimate of drug-likeness (QED) is 0.0857. The molecule has 8 nitrogen and oxygen atoms in total. The number of rotatable bonds is 25. The van der Waals surface area contributed by atoms with E-state index in [2.05, 4.69) is 79.0 Å². The van der Waals surface area contributed by atoms with Crippen LogP contribution in [0.15, 0.2) is 0 Å². The Morgan fingerprint density at radius 1 is 0.444 bits per heavy atom. The first kappa shape index (κ1) is 43.3. The van der Waals surface area contributed by atoms with E-state index in [-0.39, 0.29) is 22.3 Å². The first-order valence-corrected chi connectivity index (χ1v) is 22.7. The fourth-order valence-corrected chi connectivity index (χ4v) is 9.71. The predicted octanol–water partition coefficient (Wildman–Crippen LogP) is 8.78. The van der Waals surface area contributed by atoms with Gasteiger partial charge in [-0.15, -0.1) is 0 Å². The van der Waals surface area contributed by atoms with Crippen molar-refractivity contribution in [3.8, 4) is 0 Å². The zero-order valence-corrected chi connectivity index (χ0v) is 36.7. The van der Waals surface area contributed by atoms with Crippen molar-refractivity contribution in [1.82, 2.24) is 9.80 Å². The van der Waals surface area contributed by atoms with Crippen LogP contribution in [0.4, 0.5) is 0 Å². The fraction of sp³-hybridized carbons (Fsp3) is 1.00. The van der Waals surface area contributed by atoms with Crippen LogP contribution in [0.1, 0.15) is 146 Å². The molecule has 4 unspecified atom stereocenters. The number of nitrogens with zero attached hydrogens (tertiary/aromatic N) is 2. The van der Waals surface area contributed by atoms with E-state index >= 15 is 0 Å². The second-order valence-corrected chi connectivity index (χ2v) is 22.0. The zero-order chi connectivity index (χ0) is 38.7. The number of hydrogen-bond donors (Lipinski definition) is 0. The van der Waals surface area contributed by atoms with Gasteiger partial charge in [0.2, 0.25) is 0 Å². The average Bonchev–Trinajstić information content (AvgIpc) is 3.91. The Kier molecular flexibility index (Phi) is 14.7. The summed E-state index contributed by atoms with van der Waals surface area (Å²) in [5.41, 5.74) is 0.438. The van der Waals surface area contributed by atoms with E-state index in [1.165, 1.54) is 51.6 Å². The Morgan fingerprint density at radius 2 is 0.870 bits per heavy atom. The Labute approximate surface area is 331 Å². The molecular weight excluding hydrogens is 677 g/mol. The van der Waals surface area contributed by atoms with Crippen molar-refractivity contribution in [3.63, 3.8) is 0 Å². The van der Waals surface area contributed by atoms with Crippen LogP contribution < -0.4 is 0 Å². The first-order valence-electron chi connectivity index (χ1n) is 22.7. The molecular formula is C46H84N2O6. The third-order valence-electron chi connectivity index (χ3n) is 13.9. The van der Waals surface area contributed by atoms with Crippen LogP contribution in [-0.2, 0) is 28.4 Å². The first-order chi connectivity index (χ1) is 25.4. The highest BCUT2D eigenvalue weighted by Gasteiger charge is 2.51. The van der Waals surface area contributed by atoms with E-state index in [4.69, 9.17) is 28.4 Å². The van der Waals surface area contributed by atoms with E-state index in [1.54, 1.807) is 0 Å². The molecule has 6 aliphatic rings. The molecule has 0 radical (unpaired) electrons. The molecule has 6 fully saturated rings. The van der Waals surface area contributed by atoms with Crippen molar-refractivity contribution in [1.29, 1.82) is 0 Å². The summed E-state index contributed by atoms with van der Waals surface area (Å²) < 4.78 is 36.6. The highest BCUT2D eigenvalue weighted by atomic mass is 16.5. The van der Waals surface area contributed by atoms with E-state index in [0.717, 1.165) is 127 Å². The molecule has 0 aromatic heterocycles. The Hall–Kier alpha value is -0.320. The van der Waals surface area contributed by atoms with Gasteiger partial charge in [0, 0.05) is 76.9 Å². The lowest BCUT2D eigenvalue weighted by Gasteiger charge is -2.53. The number of ether oxygens (including phenoxy) is 6. The summed E-state index contributed by atoms with van der Waals surface area (Å²) in [6.07, 6.45) is 15.9. The lowest BCUT2D eigenvalue weighted by atomic mass is 9.78. The largest absolute Gasteiger partial charge is 0.381 e. The molecule has 0 aromatic carbocycles. The lowest BCUT2D eigenvalue weighted by Crippen LogP contribution is -2.62. The van der Waals surface area contributed by atoms with Crippen LogP contribution in [0, 0.1) is 35.5 Å². The highest BCUT2D eigenvalue weighted by Crippen LogP contribution is 2.53. The second kappa shape index (κ2) is 18.3. The molecule has 8 heteroatoms. The van der Waals surface area contributed by atoms with Gasteiger partial charge >= 0.3 is 0 Å². The molecule has 0 bridgehead atoms. The summed E-state index contributed by atoms with van der Waals surface area (Å²) in [5, 5.41) is 0. The molecule has 6 rings (SSSR count). The van der Waals surface area contributed by atoms with Crippen LogP contribution in [0.2, 0.25) is 0 Å². The van der Waals surface area contributed by atoms with Gasteiger partial charge < -0.3 is 28.4 Å². The van der Waals surface area contributed by atoms with Gasteiger partial charge in [0.05, 0.1) is 35.6 Å². The topological polar surface area (TPSA) is 61.9 Å². The van der Waals surface area contributed by atoms with Gasteiger partial charge in [-0.25, -0.2) is 0 Å². The van der Waals surface area contributed by atoms with E-state index in [1.807, 2.05) is 0 Å². The Bertz CT molecular complexity index is 1130. The van der Waals surface area contributed by atoms with Crippen LogP contribution in [-0.4, -0.2) is 122 Å². The summed E-state index contributed by atoms with van der Waals surface area (Å²) >= 11 is 0. The smallest absolute Gasteiger partial charge is 0.0829 e. The van der Waals surface area contributed by atoms with Crippen LogP contribution in [0.5, 0.6) is 0 Å². The summed E-state index contributed by atoms with van der Waals surface area (Å²) in [5.74, 6) is 5.13. The van der Waals surface area contributed by atoms with Gasteiger partial charge in [-0.1, -0.05) is 0 Å². The predicted molar refractivity (Wildman–Crippen MR) is 218 cm³/mol. The van der Waals surface area contributed by atoms with E-state index < -0.39 is 0 Å². The minimum atomic E-state index is -0.0463. The van der Waals surface area contributed by atoms with Crippen LogP contribution in [0.3, 0.4) is 0 Å². The van der Waals surface area contributed by atoms with Gasteiger partial charge in [-0.3, -0.25) is 9.80 Å². The van der Waals surface area contributed by atoms with Crippen molar-refractivity contribution in [2.45, 2.75) is 193 Å². The molecule has 2 aliphatic heterocycles. The van der Waals surface area contributed by atoms with E-state index in [0.29, 0.717) is 24.4 Å². The molecule has 2 saturated heterocycles. The molecule has 0 spiro atoms. The molecule has 314 valence electrons. The number of hydrogen-bond acceptors (Lipinski definition) is 8. The van der Waals surface area contributed by atoms with Gasteiger partial charge in [0.15, 0.2) is 0 Å². The minimum Gasteiger partial charge on any atom is -0.381 e. The lowest BCUT2D eigenvalue weighted by molar-refractivity contribution is -0.148. The van der Waals surface area contributed by atoms with Crippen molar-refractivity contribution >= 4 is 0 Å². The summed E-state index contributed by atoms with van der Waals surface area (Å²) in [7, 11) is 0. The third kappa shape index (κ3) is 13.1. The van der Waals surface area contributed by atoms with Crippen molar-refractivity contribution in [2.24, 2.45) is 35.5 Å². The maximum Gasteiger partial charge on any atom is 0.0829 e. The maximum atomic E-state index is 6.26. The van der Waals surface area contributed by atoms with Gasteiger partial charge in [0.1, 0.15) is 0 Å². The fourth-order valence-electron chi connectivity index (χ4n) is 9.71. The average molecular weight is 761 g/mol. The van der Waals surface area contributed by atoms with Gasteiger partial charge in [-0.2, -0.15) is 0 Å². The number of likely N-dealkylation sites (tertiary alicyclic amines) is 2. The van der Waals surface area contributed by atoms with Crippen LogP contribution >= 0.6 is 0 Å². The van der Waals surface area contributed by atoms with Crippen molar-refractivity contribution < 1.29 is 28.4 Å². The van der Waals surface area contributed by atoms with Crippen molar-refractivity contribution in [2.75, 3.05) is 65.8 Å². The Balaban J connectivity index is 0.710. The second-order valence-electron chi connectivity index (χ2n) is 22.0. The molecule has 4 atom stereocenters. The molecule has 0 N–H and O–H groups in total. The molecule has 4 aliphatic carbocycles. The molecule has 2 heterocycles. The summed E-state index contributed by atoms with van der Waals surface area (Å²) in [4.78, 5) is 5.40. The zero-order valence-electron chi connectivity index (χ0n) is 36.7. The summed E-state index contributed by atoms with van der Waals surface area (Å²) in [6, 6.07) is 0. The molecule has 54 heavy (non-hydrogen) atoms. The highest BCUT2D eigenvalue weighted by molar-refractivity contribution is 5.02. The summed E-state index contributed by atoms with van der Waals surface area (Å²) in [6.45, 7) is 32.8. The monoisotopic (exact) mass is 761 g/mol. The molecule has 0 aromatic rings. The Morgan fingerprint density at radius 3 is 1.37 bits per heavy atom. The van der Waals surface area contributed by atoms with Gasteiger partial charge in [0.25, 0.3) is 0 Å². The number of unbranched alkanes of at least 4 members (excludes halogenated alkanes) is 2. The van der Waals surface area contributed by atoms with Crippen molar-refractivity contribution in [3.05, 3.63) is 0 Å². The third-order valence-corrected chi connectivity index (χ3v) is 13.9. The maximum absolute atomic E-state index is 6.26. The van der Waals surface area contributed by atoms with Crippen LogP contribution in [0.25, 0.3) is 0 Å². The van der Waals surface area contributed by atoms with E-state index in [9.17, 15) is 0 Å². The van der Waals surface area contributed by atoms with Gasteiger partial charge in [-0.05, 0) is 182 Å². The standard InChI is InChI=1S/C46H84N2O6/c1-43(2,3)53-38-21-33(22-38)41-23-34(41)31-49-18-12-14-20-52-40-29-48(30-40)46(9,10)16-15-45(7,8)47-27-36(28-47)42-24-35(42)32-50-17-11-13-19-51-37-25-39(26-37)54-44(4,5)6/h33-42H,11-32H2,1-10H3. The SMILES string of the molecule is CC(C)(C)OC1CC(OCCCCOCC2CC2C2CN(C(C)(C)CCC(C)(C)N3CC(OCCCCOCC4CC4C4CC(OC(C)(C)C)C4)C3)C2)C1. The minimum absolute atomic E-state index is 0.00569.